The Morgan fingerprint density at radius 2 is 2.41 bits per heavy atom. The molecule has 1 aromatic heterocycles. The van der Waals surface area contributed by atoms with E-state index in [4.69, 9.17) is 21.8 Å². The van der Waals surface area contributed by atoms with Crippen molar-refractivity contribution < 1.29 is 9.21 Å². The molecular weight excluding hydrogens is 304 g/mol. The monoisotopic (exact) mass is 322 g/mol. The standard InChI is InChI=1S/C15H19ClN4O2/c16-11-3-4-13-12(8-11)19-15(22-13)20-7-1-2-10(9-20)14(21)18-6-5-17/h3-4,8,10H,1-2,5-7,9,17H2,(H,18,21). The third-order valence-corrected chi connectivity index (χ3v) is 4.08. The minimum Gasteiger partial charge on any atom is -0.423 e. The van der Waals surface area contributed by atoms with E-state index in [0.717, 1.165) is 24.9 Å². The second kappa shape index (κ2) is 6.54. The van der Waals surface area contributed by atoms with Crippen LogP contribution in [0.5, 0.6) is 0 Å². The lowest BCUT2D eigenvalue weighted by molar-refractivity contribution is -0.125. The number of amides is 1. The van der Waals surface area contributed by atoms with Crippen molar-refractivity contribution in [1.29, 1.82) is 0 Å². The predicted molar refractivity (Wildman–Crippen MR) is 86.0 cm³/mol. The van der Waals surface area contributed by atoms with Gasteiger partial charge < -0.3 is 20.4 Å². The SMILES string of the molecule is NCCNC(=O)C1CCCN(c2nc3cc(Cl)ccc3o2)C1. The van der Waals surface area contributed by atoms with E-state index in [1.165, 1.54) is 0 Å². The maximum atomic E-state index is 12.1. The molecule has 0 bridgehead atoms. The predicted octanol–water partition coefficient (Wildman–Crippen LogP) is 1.77. The van der Waals surface area contributed by atoms with Crippen molar-refractivity contribution in [2.24, 2.45) is 11.7 Å². The highest BCUT2D eigenvalue weighted by Crippen LogP contribution is 2.27. The van der Waals surface area contributed by atoms with Crippen LogP contribution in [-0.2, 0) is 4.79 Å². The summed E-state index contributed by atoms with van der Waals surface area (Å²) in [6.45, 7) is 2.41. The minimum atomic E-state index is -0.0566. The van der Waals surface area contributed by atoms with Crippen LogP contribution < -0.4 is 16.0 Å². The molecule has 118 valence electrons. The molecule has 2 heterocycles. The van der Waals surface area contributed by atoms with E-state index < -0.39 is 0 Å². The Morgan fingerprint density at radius 3 is 3.23 bits per heavy atom. The Hall–Kier alpha value is -1.79. The van der Waals surface area contributed by atoms with E-state index in [2.05, 4.69) is 10.3 Å². The molecule has 1 aromatic carbocycles. The summed E-state index contributed by atoms with van der Waals surface area (Å²) >= 11 is 5.97. The Morgan fingerprint density at radius 1 is 1.55 bits per heavy atom. The van der Waals surface area contributed by atoms with Crippen LogP contribution in [-0.4, -0.2) is 37.1 Å². The summed E-state index contributed by atoms with van der Waals surface area (Å²) in [4.78, 5) is 18.6. The van der Waals surface area contributed by atoms with E-state index in [0.29, 0.717) is 36.3 Å². The molecule has 1 atom stereocenters. The molecule has 7 heteroatoms. The van der Waals surface area contributed by atoms with E-state index >= 15 is 0 Å². The zero-order valence-corrected chi connectivity index (χ0v) is 13.0. The lowest BCUT2D eigenvalue weighted by atomic mass is 9.97. The van der Waals surface area contributed by atoms with Gasteiger partial charge in [0.05, 0.1) is 5.92 Å². The summed E-state index contributed by atoms with van der Waals surface area (Å²) < 4.78 is 5.78. The zero-order valence-electron chi connectivity index (χ0n) is 12.2. The number of carbonyl (C=O) groups excluding carboxylic acids is 1. The van der Waals surface area contributed by atoms with Gasteiger partial charge in [-0.3, -0.25) is 4.79 Å². The molecule has 22 heavy (non-hydrogen) atoms. The van der Waals surface area contributed by atoms with E-state index in [9.17, 15) is 4.79 Å². The molecule has 6 nitrogen and oxygen atoms in total. The maximum Gasteiger partial charge on any atom is 0.298 e. The van der Waals surface area contributed by atoms with Crippen molar-refractivity contribution in [3.63, 3.8) is 0 Å². The molecule has 1 saturated heterocycles. The van der Waals surface area contributed by atoms with Gasteiger partial charge in [0.25, 0.3) is 6.01 Å². The first-order valence-corrected chi connectivity index (χ1v) is 7.84. The van der Waals surface area contributed by atoms with Gasteiger partial charge in [0, 0.05) is 31.2 Å². The second-order valence-corrected chi connectivity index (χ2v) is 5.91. The maximum absolute atomic E-state index is 12.1. The highest BCUT2D eigenvalue weighted by atomic mass is 35.5. The normalized spacial score (nSPS) is 18.6. The van der Waals surface area contributed by atoms with E-state index in [1.54, 1.807) is 12.1 Å². The Balaban J connectivity index is 1.74. The first-order chi connectivity index (χ1) is 10.7. The molecule has 1 amide bonds. The summed E-state index contributed by atoms with van der Waals surface area (Å²) in [6.07, 6.45) is 1.80. The highest BCUT2D eigenvalue weighted by molar-refractivity contribution is 6.31. The largest absolute Gasteiger partial charge is 0.423 e. The molecule has 3 rings (SSSR count). The fourth-order valence-corrected chi connectivity index (χ4v) is 2.89. The topological polar surface area (TPSA) is 84.4 Å². The van der Waals surface area contributed by atoms with E-state index in [1.807, 2.05) is 11.0 Å². The van der Waals surface area contributed by atoms with Crippen LogP contribution in [0.2, 0.25) is 5.02 Å². The number of oxazole rings is 1. The third kappa shape index (κ3) is 3.18. The molecule has 2 aromatic rings. The van der Waals surface area contributed by atoms with Gasteiger partial charge in [-0.15, -0.1) is 0 Å². The van der Waals surface area contributed by atoms with Crippen LogP contribution in [0.4, 0.5) is 6.01 Å². The molecule has 1 unspecified atom stereocenters. The van der Waals surface area contributed by atoms with Crippen molar-refractivity contribution in [1.82, 2.24) is 10.3 Å². The molecule has 1 fully saturated rings. The highest BCUT2D eigenvalue weighted by Gasteiger charge is 2.28. The average molecular weight is 323 g/mol. The number of carbonyl (C=O) groups is 1. The summed E-state index contributed by atoms with van der Waals surface area (Å²) in [5.41, 5.74) is 6.86. The molecular formula is C15H19ClN4O2. The van der Waals surface area contributed by atoms with Gasteiger partial charge in [-0.05, 0) is 31.0 Å². The number of fused-ring (bicyclic) bond motifs is 1. The molecule has 0 saturated carbocycles. The van der Waals surface area contributed by atoms with Crippen molar-refractivity contribution >= 4 is 34.6 Å². The van der Waals surface area contributed by atoms with Crippen LogP contribution in [0, 0.1) is 5.92 Å². The van der Waals surface area contributed by atoms with Crippen molar-refractivity contribution in [2.45, 2.75) is 12.8 Å². The fourth-order valence-electron chi connectivity index (χ4n) is 2.73. The number of halogens is 1. The molecule has 0 radical (unpaired) electrons. The Kier molecular flexibility index (Phi) is 4.49. The number of hydrogen-bond acceptors (Lipinski definition) is 5. The molecule has 1 aliphatic rings. The quantitative estimate of drug-likeness (QED) is 0.896. The van der Waals surface area contributed by atoms with Gasteiger partial charge >= 0.3 is 0 Å². The van der Waals surface area contributed by atoms with Crippen LogP contribution in [0.25, 0.3) is 11.1 Å². The molecule has 1 aliphatic heterocycles. The van der Waals surface area contributed by atoms with Gasteiger partial charge in [-0.1, -0.05) is 11.6 Å². The number of rotatable bonds is 4. The fraction of sp³-hybridized carbons (Fsp3) is 0.467. The average Bonchev–Trinajstić information content (AvgIpc) is 2.95. The Labute approximate surface area is 133 Å². The van der Waals surface area contributed by atoms with Crippen LogP contribution in [0.1, 0.15) is 12.8 Å². The van der Waals surface area contributed by atoms with Crippen molar-refractivity contribution in [3.05, 3.63) is 23.2 Å². The molecule has 0 spiro atoms. The second-order valence-electron chi connectivity index (χ2n) is 5.47. The van der Waals surface area contributed by atoms with Crippen molar-refractivity contribution in [2.75, 3.05) is 31.1 Å². The summed E-state index contributed by atoms with van der Waals surface area (Å²) in [5, 5.41) is 3.48. The number of hydrogen-bond donors (Lipinski definition) is 2. The lowest BCUT2D eigenvalue weighted by Crippen LogP contribution is -2.44. The summed E-state index contributed by atoms with van der Waals surface area (Å²) in [5.74, 6) is -0.00629. The third-order valence-electron chi connectivity index (χ3n) is 3.84. The smallest absolute Gasteiger partial charge is 0.298 e. The van der Waals surface area contributed by atoms with Gasteiger partial charge in [-0.25, -0.2) is 0 Å². The number of piperidine rings is 1. The van der Waals surface area contributed by atoms with Crippen LogP contribution in [0.15, 0.2) is 22.6 Å². The number of anilines is 1. The number of nitrogens with two attached hydrogens (primary N) is 1. The van der Waals surface area contributed by atoms with E-state index in [-0.39, 0.29) is 11.8 Å². The van der Waals surface area contributed by atoms with Crippen molar-refractivity contribution in [3.8, 4) is 0 Å². The minimum absolute atomic E-state index is 0.0503. The van der Waals surface area contributed by atoms with Gasteiger partial charge in [-0.2, -0.15) is 4.98 Å². The molecule has 0 aliphatic carbocycles. The van der Waals surface area contributed by atoms with Gasteiger partial charge in [0.2, 0.25) is 5.91 Å². The zero-order chi connectivity index (χ0) is 15.5. The van der Waals surface area contributed by atoms with Crippen LogP contribution in [0.3, 0.4) is 0 Å². The number of nitrogens with one attached hydrogen (secondary N) is 1. The first kappa shape index (κ1) is 15.1. The first-order valence-electron chi connectivity index (χ1n) is 7.46. The lowest BCUT2D eigenvalue weighted by Gasteiger charge is -2.30. The summed E-state index contributed by atoms with van der Waals surface area (Å²) in [6, 6.07) is 5.91. The number of nitrogens with zero attached hydrogens (tertiary/aromatic N) is 2. The Bertz CT molecular complexity index is 673. The van der Waals surface area contributed by atoms with Gasteiger partial charge in [0.15, 0.2) is 5.58 Å². The summed E-state index contributed by atoms with van der Waals surface area (Å²) in [7, 11) is 0. The van der Waals surface area contributed by atoms with Gasteiger partial charge in [0.1, 0.15) is 5.52 Å². The number of benzene rings is 1. The van der Waals surface area contributed by atoms with Crippen LogP contribution >= 0.6 is 11.6 Å². The molecule has 3 N–H and O–H groups in total. The number of aromatic nitrogens is 1.